The Morgan fingerprint density at radius 3 is 1.43 bits per heavy atom. The number of likely N-dealkylation sites (tertiary alicyclic amines) is 2. The number of benzene rings is 2. The summed E-state index contributed by atoms with van der Waals surface area (Å²) in [4.78, 5) is 73.6. The number of ether oxygens (including phenoxy) is 2. The molecular weight excluding hydrogens is 908 g/mol. The highest BCUT2D eigenvalue weighted by Gasteiger charge is 2.74. The number of alkyl halides is 4. The SMILES string of the molecule is COC(=O)NC(C(=O)N1[C@@H]2C[C@@H]2C[C@H]1c1nc(-c2ccc(-c3ccc(-c4nc([C@@H]5C[C@H]6C[C@H]6N5C(=O)C(NC(=O)OC)[C@@H]5C[C@@H]6[C@H](C5)C6(F)F)[nH]c4Cl)cc3)cc2)c(C)[nH]1)[C@@H]1C[C@@H]2[C@H](C1)C2(F)F. The van der Waals surface area contributed by atoms with Crippen LogP contribution >= 0.6 is 11.6 Å². The number of nitrogens with one attached hydrogen (secondary N) is 4. The minimum atomic E-state index is -2.71. The first-order valence-electron chi connectivity index (χ1n) is 23.7. The number of aryl methyl sites for hydroxylation is 1. The van der Waals surface area contributed by atoms with Crippen LogP contribution in [-0.2, 0) is 19.1 Å². The molecule has 4 aromatic rings. The van der Waals surface area contributed by atoms with Crippen molar-refractivity contribution in [1.82, 2.24) is 40.4 Å². The largest absolute Gasteiger partial charge is 0.453 e. The molecule has 2 saturated heterocycles. The summed E-state index contributed by atoms with van der Waals surface area (Å²) in [6.07, 6.45) is 2.21. The van der Waals surface area contributed by atoms with Gasteiger partial charge in [0.15, 0.2) is 0 Å². The first-order chi connectivity index (χ1) is 32.5. The number of H-pyrrole nitrogens is 2. The number of aromatic nitrogens is 4. The van der Waals surface area contributed by atoms with E-state index in [9.17, 15) is 36.7 Å². The summed E-state index contributed by atoms with van der Waals surface area (Å²) in [6.45, 7) is 1.94. The third-order valence-corrected chi connectivity index (χ3v) is 17.2. The van der Waals surface area contributed by atoms with E-state index in [2.05, 4.69) is 20.6 Å². The number of nitrogens with zero attached hydrogens (tertiary/aromatic N) is 4. The summed E-state index contributed by atoms with van der Waals surface area (Å²) in [5.41, 5.74) is 5.65. The van der Waals surface area contributed by atoms with Crippen molar-refractivity contribution in [3.63, 3.8) is 0 Å². The second-order valence-electron chi connectivity index (χ2n) is 20.6. The lowest BCUT2D eigenvalue weighted by molar-refractivity contribution is -0.138. The third-order valence-electron chi connectivity index (χ3n) is 16.9. The molecule has 68 heavy (non-hydrogen) atoms. The van der Waals surface area contributed by atoms with Gasteiger partial charge in [0.2, 0.25) is 11.8 Å². The van der Waals surface area contributed by atoms with Gasteiger partial charge in [-0.05, 0) is 93.1 Å². The van der Waals surface area contributed by atoms with Crippen LogP contribution in [0.5, 0.6) is 0 Å². The van der Waals surface area contributed by atoms with Gasteiger partial charge in [0.05, 0.1) is 32.0 Å². The van der Waals surface area contributed by atoms with Crippen molar-refractivity contribution in [3.05, 3.63) is 71.0 Å². The summed E-state index contributed by atoms with van der Waals surface area (Å²) in [6, 6.07) is 13.1. The van der Waals surface area contributed by atoms with Crippen LogP contribution in [0.3, 0.4) is 0 Å². The van der Waals surface area contributed by atoms with Gasteiger partial charge in [0.25, 0.3) is 11.8 Å². The first kappa shape index (κ1) is 43.6. The highest BCUT2D eigenvalue weighted by Crippen LogP contribution is 2.67. The number of halogens is 5. The van der Waals surface area contributed by atoms with Crippen LogP contribution in [0.25, 0.3) is 33.6 Å². The summed E-state index contributed by atoms with van der Waals surface area (Å²) < 4.78 is 66.3. The number of fused-ring (bicyclic) bond motifs is 4. The Balaban J connectivity index is 0.730. The maximum absolute atomic E-state index is 14.3. The zero-order valence-corrected chi connectivity index (χ0v) is 38.2. The van der Waals surface area contributed by atoms with Gasteiger partial charge in [-0.3, -0.25) is 9.59 Å². The van der Waals surface area contributed by atoms with E-state index >= 15 is 0 Å². The zero-order valence-electron chi connectivity index (χ0n) is 37.5. The number of carbonyl (C=O) groups is 4. The topological polar surface area (TPSA) is 175 Å². The predicted molar refractivity (Wildman–Crippen MR) is 237 cm³/mol. The molecule has 19 heteroatoms. The second kappa shape index (κ2) is 15.4. The molecule has 8 aliphatic rings. The van der Waals surface area contributed by atoms with Crippen LogP contribution in [0.2, 0.25) is 5.15 Å². The van der Waals surface area contributed by atoms with Crippen LogP contribution < -0.4 is 10.6 Å². The number of amides is 4. The predicted octanol–water partition coefficient (Wildman–Crippen LogP) is 8.45. The molecule has 2 unspecified atom stereocenters. The van der Waals surface area contributed by atoms with Crippen molar-refractivity contribution >= 4 is 35.6 Å². The molecule has 8 fully saturated rings. The smallest absolute Gasteiger partial charge is 0.407 e. The molecule has 0 spiro atoms. The Kier molecular flexibility index (Phi) is 9.90. The lowest BCUT2D eigenvalue weighted by Gasteiger charge is -2.33. The first-order valence-corrected chi connectivity index (χ1v) is 24.1. The maximum Gasteiger partial charge on any atom is 0.407 e. The molecule has 4 N–H and O–H groups in total. The van der Waals surface area contributed by atoms with E-state index in [1.54, 1.807) is 4.90 Å². The quantitative estimate of drug-likeness (QED) is 0.108. The van der Waals surface area contributed by atoms with Gasteiger partial charge >= 0.3 is 12.2 Å². The van der Waals surface area contributed by atoms with Crippen molar-refractivity contribution in [2.24, 2.45) is 47.3 Å². The molecule has 14 atom stereocenters. The molecule has 0 bridgehead atoms. The van der Waals surface area contributed by atoms with E-state index in [1.165, 1.54) is 14.2 Å². The third kappa shape index (κ3) is 6.99. The van der Waals surface area contributed by atoms with Gasteiger partial charge in [-0.1, -0.05) is 60.1 Å². The summed E-state index contributed by atoms with van der Waals surface area (Å²) in [5.74, 6) is -8.09. The minimum absolute atomic E-state index is 0.00279. The van der Waals surface area contributed by atoms with Gasteiger partial charge in [0.1, 0.15) is 34.6 Å². The van der Waals surface area contributed by atoms with E-state index in [0.29, 0.717) is 41.3 Å². The van der Waals surface area contributed by atoms with Gasteiger partial charge in [-0.2, -0.15) is 0 Å². The normalized spacial score (nSPS) is 33.4. The van der Waals surface area contributed by atoms with E-state index in [1.807, 2.05) is 60.4 Å². The monoisotopic (exact) mass is 958 g/mol. The maximum atomic E-state index is 14.3. The number of hydrogen-bond acceptors (Lipinski definition) is 8. The van der Waals surface area contributed by atoms with Gasteiger partial charge in [-0.25, -0.2) is 37.1 Å². The summed E-state index contributed by atoms with van der Waals surface area (Å²) in [5, 5.41) is 5.70. The molecule has 358 valence electrons. The van der Waals surface area contributed by atoms with Crippen molar-refractivity contribution in [2.75, 3.05) is 14.2 Å². The van der Waals surface area contributed by atoms with Crippen LogP contribution in [0.15, 0.2) is 48.5 Å². The van der Waals surface area contributed by atoms with E-state index < -0.39 is 77.7 Å². The molecular formula is C49H51ClF4N8O6. The second-order valence-corrected chi connectivity index (χ2v) is 21.0. The number of hydrogen-bond donors (Lipinski definition) is 4. The average molecular weight is 959 g/mol. The van der Waals surface area contributed by atoms with E-state index in [4.69, 9.17) is 31.0 Å². The molecule has 6 aliphatic carbocycles. The Bertz CT molecular complexity index is 2520. The van der Waals surface area contributed by atoms with Gasteiger partial charge in [-0.15, -0.1) is 0 Å². The highest BCUT2D eigenvalue weighted by atomic mass is 35.5. The number of alkyl carbamates (subject to hydrolysis) is 2. The number of aromatic amines is 2. The van der Waals surface area contributed by atoms with Crippen molar-refractivity contribution in [2.45, 2.75) is 106 Å². The van der Waals surface area contributed by atoms with Gasteiger partial charge < -0.3 is 39.9 Å². The Morgan fingerprint density at radius 2 is 1.00 bits per heavy atom. The lowest BCUT2D eigenvalue weighted by Crippen LogP contribution is -2.53. The lowest BCUT2D eigenvalue weighted by atomic mass is 9.92. The fourth-order valence-corrected chi connectivity index (χ4v) is 13.3. The van der Waals surface area contributed by atoms with Crippen molar-refractivity contribution < 1.29 is 46.2 Å². The fraction of sp³-hybridized carbons (Fsp3) is 0.551. The number of carbonyl (C=O) groups excluding carboxylic acids is 4. The molecule has 6 saturated carbocycles. The van der Waals surface area contributed by atoms with E-state index in [0.717, 1.165) is 46.5 Å². The van der Waals surface area contributed by atoms with Crippen LogP contribution in [0, 0.1) is 54.3 Å². The van der Waals surface area contributed by atoms with Crippen LogP contribution in [0.4, 0.5) is 27.2 Å². The molecule has 2 aromatic carbocycles. The summed E-state index contributed by atoms with van der Waals surface area (Å²) >= 11 is 6.80. The molecule has 12 rings (SSSR count). The summed E-state index contributed by atoms with van der Waals surface area (Å²) in [7, 11) is 2.43. The number of methoxy groups -OCH3 is 2. The fourth-order valence-electron chi connectivity index (χ4n) is 13.0. The van der Waals surface area contributed by atoms with E-state index in [-0.39, 0.29) is 61.5 Å². The molecule has 4 heterocycles. The number of rotatable bonds is 11. The number of imidazole rings is 2. The molecule has 2 aliphatic heterocycles. The van der Waals surface area contributed by atoms with Crippen LogP contribution in [0.1, 0.15) is 80.8 Å². The standard InChI is InChI=1S/C49H51ClF4N8O6/c1-20-37(56-42(55-20)35-18-25-16-33(25)61(35)44(63)39(58-46(65)67-2)27-12-29-30(13-27)48(29,51)52)23-8-4-21(5-9-23)22-6-10-24(11-7-22)38-41(50)60-43(57-38)36-19-26-17-34(26)62(36)45(64)40(59-47(66)68-3)28-14-31-32(15-28)49(31,53)54/h4-11,25-36,39-40H,12-19H2,1-3H3,(H,55,56)(H,57,60)(H,58,65)(H,59,66)/t25-,26-,27-,28-,29-,30+,31-,32+,33-,34-,35+,36+,39?,40?/m1/s1. The number of piperidine rings is 2. The van der Waals surface area contributed by atoms with Crippen molar-refractivity contribution in [3.8, 4) is 33.6 Å². The minimum Gasteiger partial charge on any atom is -0.453 e. The Morgan fingerprint density at radius 1 is 0.618 bits per heavy atom. The molecule has 0 radical (unpaired) electrons. The Hall–Kier alpha value is -5.65. The highest BCUT2D eigenvalue weighted by molar-refractivity contribution is 6.32. The van der Waals surface area contributed by atoms with Gasteiger partial charge in [0, 0.05) is 52.6 Å². The van der Waals surface area contributed by atoms with Crippen molar-refractivity contribution in [1.29, 1.82) is 0 Å². The average Bonchev–Trinajstić information content (AvgIpc) is 4.07. The Labute approximate surface area is 393 Å². The molecule has 2 aromatic heterocycles. The van der Waals surface area contributed by atoms with Crippen LogP contribution in [-0.4, -0.2) is 104 Å². The molecule has 4 amide bonds. The zero-order chi connectivity index (χ0) is 47.3. The molecule has 14 nitrogen and oxygen atoms in total.